The Labute approximate surface area is 63.6 Å². The SMILES string of the molecule is C#C/C=C\C(=C/C)CCC. The molecule has 0 saturated heterocycles. The van der Waals surface area contributed by atoms with Crippen molar-refractivity contribution in [3.8, 4) is 12.3 Å². The van der Waals surface area contributed by atoms with E-state index in [9.17, 15) is 0 Å². The molecule has 10 heavy (non-hydrogen) atoms. The minimum absolute atomic E-state index is 1.12. The van der Waals surface area contributed by atoms with Gasteiger partial charge >= 0.3 is 0 Å². The van der Waals surface area contributed by atoms with E-state index >= 15 is 0 Å². The van der Waals surface area contributed by atoms with Gasteiger partial charge in [-0.05, 0) is 19.4 Å². The van der Waals surface area contributed by atoms with E-state index in [2.05, 4.69) is 18.9 Å². The van der Waals surface area contributed by atoms with Crippen LogP contribution < -0.4 is 0 Å². The Morgan fingerprint density at radius 1 is 1.60 bits per heavy atom. The molecule has 0 bridgehead atoms. The number of allylic oxidation sites excluding steroid dienone is 4. The molecule has 0 rings (SSSR count). The zero-order valence-electron chi connectivity index (χ0n) is 6.72. The van der Waals surface area contributed by atoms with Crippen molar-refractivity contribution in [2.24, 2.45) is 0 Å². The maximum absolute atomic E-state index is 5.06. The van der Waals surface area contributed by atoms with Crippen LogP contribution in [-0.2, 0) is 0 Å². The highest BCUT2D eigenvalue weighted by Crippen LogP contribution is 2.04. The third-order valence-electron chi connectivity index (χ3n) is 1.30. The van der Waals surface area contributed by atoms with Gasteiger partial charge in [0, 0.05) is 0 Å². The molecule has 54 valence electrons. The van der Waals surface area contributed by atoms with Crippen molar-refractivity contribution in [3.05, 3.63) is 23.8 Å². The molecule has 0 aromatic heterocycles. The summed E-state index contributed by atoms with van der Waals surface area (Å²) in [6, 6.07) is 0. The van der Waals surface area contributed by atoms with Crippen LogP contribution in [0, 0.1) is 12.3 Å². The summed E-state index contributed by atoms with van der Waals surface area (Å²) in [5.41, 5.74) is 1.32. The summed E-state index contributed by atoms with van der Waals surface area (Å²) >= 11 is 0. The van der Waals surface area contributed by atoms with Crippen LogP contribution in [0.15, 0.2) is 23.8 Å². The normalized spacial score (nSPS) is 11.9. The number of hydrogen-bond donors (Lipinski definition) is 0. The Balaban J connectivity index is 3.87. The lowest BCUT2D eigenvalue weighted by atomic mass is 10.1. The second kappa shape index (κ2) is 6.16. The minimum atomic E-state index is 1.12. The van der Waals surface area contributed by atoms with Gasteiger partial charge in [0.05, 0.1) is 0 Å². The predicted octanol–water partition coefficient (Wildman–Crippen LogP) is 2.92. The number of rotatable bonds is 3. The van der Waals surface area contributed by atoms with Crippen LogP contribution in [0.2, 0.25) is 0 Å². The van der Waals surface area contributed by atoms with Gasteiger partial charge < -0.3 is 0 Å². The first-order valence-electron chi connectivity index (χ1n) is 3.63. The molecule has 0 aliphatic heterocycles. The molecule has 0 radical (unpaired) electrons. The lowest BCUT2D eigenvalue weighted by molar-refractivity contribution is 0.924. The average molecular weight is 134 g/mol. The van der Waals surface area contributed by atoms with Gasteiger partial charge in [-0.15, -0.1) is 6.42 Å². The molecule has 0 aliphatic rings. The maximum atomic E-state index is 5.06. The Morgan fingerprint density at radius 3 is 2.70 bits per heavy atom. The first-order chi connectivity index (χ1) is 4.85. The lowest BCUT2D eigenvalue weighted by Crippen LogP contribution is -1.74. The molecule has 0 aromatic carbocycles. The van der Waals surface area contributed by atoms with Gasteiger partial charge in [0.2, 0.25) is 0 Å². The van der Waals surface area contributed by atoms with Gasteiger partial charge in [0.15, 0.2) is 0 Å². The van der Waals surface area contributed by atoms with E-state index < -0.39 is 0 Å². The summed E-state index contributed by atoms with van der Waals surface area (Å²) in [5, 5.41) is 0. The van der Waals surface area contributed by atoms with Crippen LogP contribution in [0.3, 0.4) is 0 Å². The van der Waals surface area contributed by atoms with Crippen LogP contribution in [0.4, 0.5) is 0 Å². The summed E-state index contributed by atoms with van der Waals surface area (Å²) in [7, 11) is 0. The summed E-state index contributed by atoms with van der Waals surface area (Å²) in [5.74, 6) is 2.47. The van der Waals surface area contributed by atoms with E-state index in [1.165, 1.54) is 12.0 Å². The molecule has 0 nitrogen and oxygen atoms in total. The first kappa shape index (κ1) is 9.04. The summed E-state index contributed by atoms with van der Waals surface area (Å²) in [4.78, 5) is 0. The highest BCUT2D eigenvalue weighted by atomic mass is 13.9. The average Bonchev–Trinajstić information content (AvgIpc) is 1.98. The third kappa shape index (κ3) is 3.97. The third-order valence-corrected chi connectivity index (χ3v) is 1.30. The molecule has 0 saturated carbocycles. The van der Waals surface area contributed by atoms with Crippen molar-refractivity contribution in [1.29, 1.82) is 0 Å². The van der Waals surface area contributed by atoms with Crippen molar-refractivity contribution < 1.29 is 0 Å². The molecular formula is C10H14. The molecule has 0 aromatic rings. The topological polar surface area (TPSA) is 0 Å². The Hall–Kier alpha value is -0.960. The maximum Gasteiger partial charge on any atom is -0.0119 e. The quantitative estimate of drug-likeness (QED) is 0.411. The van der Waals surface area contributed by atoms with Crippen molar-refractivity contribution in [2.45, 2.75) is 26.7 Å². The van der Waals surface area contributed by atoms with Crippen LogP contribution in [0.5, 0.6) is 0 Å². The van der Waals surface area contributed by atoms with Crippen LogP contribution in [-0.4, -0.2) is 0 Å². The fourth-order valence-corrected chi connectivity index (χ4v) is 0.768. The number of terminal acetylenes is 1. The summed E-state index contributed by atoms with van der Waals surface area (Å²) in [6.45, 7) is 4.19. The van der Waals surface area contributed by atoms with E-state index in [1.807, 2.05) is 13.0 Å². The molecule has 0 amide bonds. The van der Waals surface area contributed by atoms with E-state index in [1.54, 1.807) is 6.08 Å². The molecule has 0 atom stereocenters. The van der Waals surface area contributed by atoms with Crippen molar-refractivity contribution in [2.75, 3.05) is 0 Å². The Kier molecular flexibility index (Phi) is 5.57. The fourth-order valence-electron chi connectivity index (χ4n) is 0.768. The Bertz CT molecular complexity index is 165. The monoisotopic (exact) mass is 134 g/mol. The van der Waals surface area contributed by atoms with Crippen LogP contribution in [0.25, 0.3) is 0 Å². The van der Waals surface area contributed by atoms with Gasteiger partial charge in [-0.3, -0.25) is 0 Å². The molecular weight excluding hydrogens is 120 g/mol. The standard InChI is InChI=1S/C10H14/c1-4-7-9-10(6-3)8-5-2/h1,6-7,9H,5,8H2,2-3H3/b9-7-,10-6-. The highest BCUT2D eigenvalue weighted by Gasteiger charge is 1.85. The zero-order valence-corrected chi connectivity index (χ0v) is 6.72. The van der Waals surface area contributed by atoms with Crippen molar-refractivity contribution >= 4 is 0 Å². The van der Waals surface area contributed by atoms with E-state index in [0.29, 0.717) is 0 Å². The minimum Gasteiger partial charge on any atom is -0.115 e. The summed E-state index contributed by atoms with van der Waals surface area (Å²) < 4.78 is 0. The zero-order chi connectivity index (χ0) is 7.82. The molecule has 0 N–H and O–H groups in total. The van der Waals surface area contributed by atoms with Gasteiger partial charge in [-0.2, -0.15) is 0 Å². The molecule has 0 heteroatoms. The fraction of sp³-hybridized carbons (Fsp3) is 0.400. The molecule has 0 aliphatic carbocycles. The predicted molar refractivity (Wildman–Crippen MR) is 46.6 cm³/mol. The van der Waals surface area contributed by atoms with Gasteiger partial charge in [-0.1, -0.05) is 37.0 Å². The molecule has 0 spiro atoms. The van der Waals surface area contributed by atoms with E-state index in [-0.39, 0.29) is 0 Å². The van der Waals surface area contributed by atoms with Crippen molar-refractivity contribution in [1.82, 2.24) is 0 Å². The van der Waals surface area contributed by atoms with Gasteiger partial charge in [0.25, 0.3) is 0 Å². The molecule has 0 fully saturated rings. The van der Waals surface area contributed by atoms with Gasteiger partial charge in [-0.25, -0.2) is 0 Å². The van der Waals surface area contributed by atoms with Gasteiger partial charge in [0.1, 0.15) is 0 Å². The molecule has 0 unspecified atom stereocenters. The second-order valence-electron chi connectivity index (χ2n) is 2.11. The second-order valence-corrected chi connectivity index (χ2v) is 2.11. The number of hydrogen-bond acceptors (Lipinski definition) is 0. The molecule has 0 heterocycles. The van der Waals surface area contributed by atoms with Crippen LogP contribution in [0.1, 0.15) is 26.7 Å². The van der Waals surface area contributed by atoms with E-state index in [0.717, 1.165) is 6.42 Å². The van der Waals surface area contributed by atoms with Crippen molar-refractivity contribution in [3.63, 3.8) is 0 Å². The highest BCUT2D eigenvalue weighted by molar-refractivity contribution is 5.23. The lowest BCUT2D eigenvalue weighted by Gasteiger charge is -1.94. The van der Waals surface area contributed by atoms with Crippen LogP contribution >= 0.6 is 0 Å². The Morgan fingerprint density at radius 2 is 2.30 bits per heavy atom. The van der Waals surface area contributed by atoms with E-state index in [4.69, 9.17) is 6.42 Å². The first-order valence-corrected chi connectivity index (χ1v) is 3.63. The largest absolute Gasteiger partial charge is 0.115 e. The summed E-state index contributed by atoms with van der Waals surface area (Å²) in [6.07, 6.45) is 13.2. The smallest absolute Gasteiger partial charge is 0.0119 e.